The largest absolute Gasteiger partial charge is 0.497 e. The highest BCUT2D eigenvalue weighted by molar-refractivity contribution is 7.80. The number of carbonyl (C=O) groups excluding carboxylic acids is 1. The second-order valence-electron chi connectivity index (χ2n) is 3.98. The van der Waals surface area contributed by atoms with Crippen LogP contribution in [0.25, 0.3) is 0 Å². The average Bonchev–Trinajstić information content (AvgIpc) is 2.81. The number of methoxy groups -OCH3 is 1. The fraction of sp³-hybridized carbons (Fsp3) is 0.308. The van der Waals surface area contributed by atoms with Crippen LogP contribution >= 0.6 is 12.6 Å². The molecule has 20 heavy (non-hydrogen) atoms. The van der Waals surface area contributed by atoms with E-state index < -0.39 is 5.97 Å². The van der Waals surface area contributed by atoms with Gasteiger partial charge in [-0.05, 0) is 24.6 Å². The summed E-state index contributed by atoms with van der Waals surface area (Å²) in [5.41, 5.74) is 0.978. The van der Waals surface area contributed by atoms with Gasteiger partial charge in [-0.3, -0.25) is 4.57 Å². The summed E-state index contributed by atoms with van der Waals surface area (Å²) in [5.74, 6) is 0.413. The molecule has 0 N–H and O–H groups in total. The van der Waals surface area contributed by atoms with E-state index in [0.29, 0.717) is 11.7 Å². The molecule has 0 atom stereocenters. The van der Waals surface area contributed by atoms with Crippen LogP contribution < -0.4 is 4.74 Å². The number of hydrogen-bond donors (Lipinski definition) is 1. The molecule has 0 amide bonds. The van der Waals surface area contributed by atoms with Crippen LogP contribution in [0.1, 0.15) is 23.1 Å². The molecular formula is C13H15N3O3S. The van der Waals surface area contributed by atoms with Gasteiger partial charge in [-0.1, -0.05) is 12.1 Å². The third-order valence-electron chi connectivity index (χ3n) is 2.69. The van der Waals surface area contributed by atoms with Crippen molar-refractivity contribution in [2.45, 2.75) is 18.6 Å². The van der Waals surface area contributed by atoms with Crippen molar-refractivity contribution in [1.82, 2.24) is 14.8 Å². The zero-order valence-electron chi connectivity index (χ0n) is 11.2. The molecule has 6 nitrogen and oxygen atoms in total. The quantitative estimate of drug-likeness (QED) is 0.672. The standard InChI is InChI=1S/C13H15N3O3S/c1-3-19-12(17)11-14-15-13(20)16(11)8-9-4-6-10(18-2)7-5-9/h4-7H,3,8H2,1-2H3,(H,15,20). The van der Waals surface area contributed by atoms with Gasteiger partial charge in [-0.2, -0.15) is 0 Å². The third kappa shape index (κ3) is 3.11. The second-order valence-corrected chi connectivity index (χ2v) is 4.38. The molecule has 0 saturated carbocycles. The molecule has 0 unspecified atom stereocenters. The van der Waals surface area contributed by atoms with E-state index in [1.165, 1.54) is 0 Å². The maximum atomic E-state index is 11.8. The summed E-state index contributed by atoms with van der Waals surface area (Å²) in [6.07, 6.45) is 0. The summed E-state index contributed by atoms with van der Waals surface area (Å²) in [6.45, 7) is 2.46. The zero-order chi connectivity index (χ0) is 14.5. The maximum Gasteiger partial charge on any atom is 0.376 e. The van der Waals surface area contributed by atoms with Crippen LogP contribution in [0.2, 0.25) is 0 Å². The smallest absolute Gasteiger partial charge is 0.376 e. The first-order valence-electron chi connectivity index (χ1n) is 6.08. The van der Waals surface area contributed by atoms with E-state index in [4.69, 9.17) is 9.47 Å². The van der Waals surface area contributed by atoms with Crippen molar-refractivity contribution >= 4 is 18.6 Å². The van der Waals surface area contributed by atoms with Crippen molar-refractivity contribution in [3.8, 4) is 5.75 Å². The highest BCUT2D eigenvalue weighted by Crippen LogP contribution is 2.15. The number of nitrogens with zero attached hydrogens (tertiary/aromatic N) is 3. The van der Waals surface area contributed by atoms with Gasteiger partial charge >= 0.3 is 5.97 Å². The fourth-order valence-electron chi connectivity index (χ4n) is 1.70. The van der Waals surface area contributed by atoms with E-state index in [1.54, 1.807) is 18.6 Å². The number of benzene rings is 1. The van der Waals surface area contributed by atoms with Gasteiger partial charge in [-0.25, -0.2) is 4.79 Å². The molecule has 0 bridgehead atoms. The lowest BCUT2D eigenvalue weighted by atomic mass is 10.2. The lowest BCUT2D eigenvalue weighted by molar-refractivity contribution is 0.0505. The number of rotatable bonds is 5. The van der Waals surface area contributed by atoms with E-state index >= 15 is 0 Å². The summed E-state index contributed by atoms with van der Waals surface area (Å²) in [6, 6.07) is 7.51. The van der Waals surface area contributed by atoms with Crippen molar-refractivity contribution in [3.05, 3.63) is 35.7 Å². The van der Waals surface area contributed by atoms with Crippen LogP contribution in [-0.2, 0) is 11.3 Å². The Kier molecular flexibility index (Phi) is 4.62. The molecule has 0 spiro atoms. The minimum absolute atomic E-state index is 0.146. The molecule has 106 valence electrons. The minimum Gasteiger partial charge on any atom is -0.497 e. The molecule has 0 aliphatic heterocycles. The van der Waals surface area contributed by atoms with E-state index in [1.807, 2.05) is 24.3 Å². The summed E-state index contributed by atoms with van der Waals surface area (Å²) in [4.78, 5) is 11.8. The molecule has 0 saturated heterocycles. The Morgan fingerprint density at radius 2 is 2.00 bits per heavy atom. The SMILES string of the molecule is CCOC(=O)c1nnc(S)n1Cc1ccc(OC)cc1. The zero-order valence-corrected chi connectivity index (χ0v) is 12.1. The van der Waals surface area contributed by atoms with Gasteiger partial charge < -0.3 is 9.47 Å². The molecule has 2 aromatic rings. The van der Waals surface area contributed by atoms with Crippen LogP contribution in [-0.4, -0.2) is 34.5 Å². The normalized spacial score (nSPS) is 10.3. The Labute approximate surface area is 122 Å². The third-order valence-corrected chi connectivity index (χ3v) is 3.02. The molecular weight excluding hydrogens is 278 g/mol. The van der Waals surface area contributed by atoms with E-state index in [-0.39, 0.29) is 12.4 Å². The summed E-state index contributed by atoms with van der Waals surface area (Å²) < 4.78 is 11.6. The maximum absolute atomic E-state index is 11.8. The highest BCUT2D eigenvalue weighted by Gasteiger charge is 2.18. The monoisotopic (exact) mass is 293 g/mol. The predicted molar refractivity (Wildman–Crippen MR) is 75.3 cm³/mol. The molecule has 1 heterocycles. The topological polar surface area (TPSA) is 66.2 Å². The lowest BCUT2D eigenvalue weighted by Gasteiger charge is -2.08. The Morgan fingerprint density at radius 3 is 2.60 bits per heavy atom. The first kappa shape index (κ1) is 14.4. The molecule has 2 rings (SSSR count). The molecule has 0 aliphatic rings. The van der Waals surface area contributed by atoms with Crippen LogP contribution in [0.5, 0.6) is 5.75 Å². The van der Waals surface area contributed by atoms with E-state index in [0.717, 1.165) is 11.3 Å². The molecule has 0 radical (unpaired) electrons. The van der Waals surface area contributed by atoms with Crippen LogP contribution in [0.4, 0.5) is 0 Å². The van der Waals surface area contributed by atoms with Crippen LogP contribution in [0.15, 0.2) is 29.4 Å². The Hall–Kier alpha value is -2.02. The van der Waals surface area contributed by atoms with Gasteiger partial charge in [0.25, 0.3) is 0 Å². The highest BCUT2D eigenvalue weighted by atomic mass is 32.1. The molecule has 0 fully saturated rings. The fourth-order valence-corrected chi connectivity index (χ4v) is 1.91. The number of carbonyl (C=O) groups is 1. The Morgan fingerprint density at radius 1 is 1.30 bits per heavy atom. The number of esters is 1. The summed E-state index contributed by atoms with van der Waals surface area (Å²) in [7, 11) is 1.61. The molecule has 0 aliphatic carbocycles. The van der Waals surface area contributed by atoms with E-state index in [2.05, 4.69) is 22.8 Å². The predicted octanol–water partition coefficient (Wildman–Crippen LogP) is 1.80. The van der Waals surface area contributed by atoms with Gasteiger partial charge in [-0.15, -0.1) is 22.8 Å². The summed E-state index contributed by atoms with van der Waals surface area (Å²) >= 11 is 4.21. The Balaban J connectivity index is 2.23. The van der Waals surface area contributed by atoms with Crippen molar-refractivity contribution in [2.24, 2.45) is 0 Å². The minimum atomic E-state index is -0.506. The van der Waals surface area contributed by atoms with Crippen molar-refractivity contribution in [3.63, 3.8) is 0 Å². The van der Waals surface area contributed by atoms with E-state index in [9.17, 15) is 4.79 Å². The van der Waals surface area contributed by atoms with Gasteiger partial charge in [0.2, 0.25) is 5.82 Å². The first-order valence-corrected chi connectivity index (χ1v) is 6.52. The van der Waals surface area contributed by atoms with Crippen molar-refractivity contribution < 1.29 is 14.3 Å². The van der Waals surface area contributed by atoms with Crippen LogP contribution in [0, 0.1) is 0 Å². The van der Waals surface area contributed by atoms with Crippen LogP contribution in [0.3, 0.4) is 0 Å². The number of ether oxygens (including phenoxy) is 2. The van der Waals surface area contributed by atoms with Gasteiger partial charge in [0.15, 0.2) is 5.16 Å². The second kappa shape index (κ2) is 6.42. The number of hydrogen-bond acceptors (Lipinski definition) is 6. The summed E-state index contributed by atoms with van der Waals surface area (Å²) in [5, 5.41) is 7.97. The van der Waals surface area contributed by atoms with Crippen molar-refractivity contribution in [2.75, 3.05) is 13.7 Å². The molecule has 1 aromatic heterocycles. The molecule has 1 aromatic carbocycles. The number of aromatic nitrogens is 3. The number of thiol groups is 1. The average molecular weight is 293 g/mol. The lowest BCUT2D eigenvalue weighted by Crippen LogP contribution is -2.14. The van der Waals surface area contributed by atoms with Gasteiger partial charge in [0.1, 0.15) is 5.75 Å². The Bertz CT molecular complexity index is 595. The van der Waals surface area contributed by atoms with Gasteiger partial charge in [0, 0.05) is 0 Å². The van der Waals surface area contributed by atoms with Gasteiger partial charge in [0.05, 0.1) is 20.3 Å². The first-order chi connectivity index (χ1) is 9.65. The van der Waals surface area contributed by atoms with Crippen molar-refractivity contribution in [1.29, 1.82) is 0 Å². The molecule has 7 heteroatoms.